The van der Waals surface area contributed by atoms with Gasteiger partial charge in [-0.3, -0.25) is 4.79 Å². The van der Waals surface area contributed by atoms with E-state index in [0.29, 0.717) is 17.0 Å². The van der Waals surface area contributed by atoms with E-state index in [1.54, 1.807) is 18.2 Å². The maximum absolute atomic E-state index is 12.1. The van der Waals surface area contributed by atoms with Crippen molar-refractivity contribution >= 4 is 23.2 Å². The number of ether oxygens (including phenoxy) is 1. The number of rotatable bonds is 3. The lowest BCUT2D eigenvalue weighted by Crippen LogP contribution is -2.25. The zero-order valence-corrected chi connectivity index (χ0v) is 10.5. The van der Waals surface area contributed by atoms with Crippen LogP contribution in [0.1, 0.15) is 23.8 Å². The van der Waals surface area contributed by atoms with Crippen LogP contribution in [0.25, 0.3) is 0 Å². The molecule has 1 N–H and O–H groups in total. The van der Waals surface area contributed by atoms with Gasteiger partial charge in [0.2, 0.25) is 0 Å². The zero-order valence-electron chi connectivity index (χ0n) is 9.76. The third-order valence-electron chi connectivity index (χ3n) is 2.68. The molecule has 0 spiro atoms. The van der Waals surface area contributed by atoms with Crippen LogP contribution in [0, 0.1) is 0 Å². The van der Waals surface area contributed by atoms with E-state index in [-0.39, 0.29) is 18.9 Å². The summed E-state index contributed by atoms with van der Waals surface area (Å²) in [5.74, 6) is 0.189. The number of hydrogen-bond donors (Lipinski definition) is 1. The number of fused-ring (bicyclic) bond motifs is 1. The van der Waals surface area contributed by atoms with Crippen molar-refractivity contribution in [3.8, 4) is 5.75 Å². The normalized spacial score (nSPS) is 16.3. The molecule has 1 aromatic rings. The fourth-order valence-corrected chi connectivity index (χ4v) is 2.00. The van der Waals surface area contributed by atoms with Crippen molar-refractivity contribution in [2.24, 2.45) is 0 Å². The van der Waals surface area contributed by atoms with Crippen LogP contribution in [0.4, 0.5) is 18.9 Å². The second-order valence-corrected chi connectivity index (χ2v) is 4.74. The maximum atomic E-state index is 12.1. The first-order valence-electron chi connectivity index (χ1n) is 5.62. The van der Waals surface area contributed by atoms with Gasteiger partial charge in [-0.1, -0.05) is 6.07 Å². The summed E-state index contributed by atoms with van der Waals surface area (Å²) < 4.78 is 41.5. The second-order valence-electron chi connectivity index (χ2n) is 4.21. The molecule has 1 heterocycles. The summed E-state index contributed by atoms with van der Waals surface area (Å²) in [4.78, 5) is 11.1. The van der Waals surface area contributed by atoms with Gasteiger partial charge in [0, 0.05) is 6.42 Å². The summed E-state index contributed by atoms with van der Waals surface area (Å²) in [5.41, 5.74) is 0.960. The third-order valence-corrected chi connectivity index (χ3v) is 3.15. The van der Waals surface area contributed by atoms with Gasteiger partial charge in [0.1, 0.15) is 5.75 Å². The van der Waals surface area contributed by atoms with Crippen molar-refractivity contribution in [3.05, 3.63) is 23.8 Å². The van der Waals surface area contributed by atoms with E-state index >= 15 is 0 Å². The number of carbonyl (C=O) groups is 1. The Morgan fingerprint density at radius 3 is 2.84 bits per heavy atom. The van der Waals surface area contributed by atoms with E-state index in [9.17, 15) is 18.0 Å². The first-order valence-corrected chi connectivity index (χ1v) is 6.06. The largest absolute Gasteiger partial charge is 0.482 e. The molecule has 1 atom stereocenters. The number of alkyl halides is 4. The molecule has 1 amide bonds. The van der Waals surface area contributed by atoms with E-state index in [1.165, 1.54) is 0 Å². The molecule has 0 bridgehead atoms. The molecular weight excluding hydrogens is 283 g/mol. The number of anilines is 1. The number of hydrogen-bond acceptors (Lipinski definition) is 2. The van der Waals surface area contributed by atoms with Crippen LogP contribution >= 0.6 is 11.6 Å². The van der Waals surface area contributed by atoms with E-state index in [2.05, 4.69) is 5.32 Å². The molecule has 1 unspecified atom stereocenters. The summed E-state index contributed by atoms with van der Waals surface area (Å²) in [6.45, 7) is -0.0648. The Morgan fingerprint density at radius 2 is 2.16 bits per heavy atom. The Balaban J connectivity index is 2.08. The molecule has 1 aliphatic heterocycles. The van der Waals surface area contributed by atoms with Crippen LogP contribution < -0.4 is 10.1 Å². The first kappa shape index (κ1) is 14.0. The van der Waals surface area contributed by atoms with Crippen molar-refractivity contribution < 1.29 is 22.7 Å². The molecule has 2 rings (SSSR count). The molecule has 104 valence electrons. The SMILES string of the molecule is O=C1COc2ccc(C(Cl)CCC(F)(F)F)cc2N1. The molecule has 3 nitrogen and oxygen atoms in total. The standard InChI is InChI=1S/C12H11ClF3NO2/c13-8(3-4-12(14,15)16)7-1-2-10-9(5-7)17-11(18)6-19-10/h1-2,5,8H,3-4,6H2,(H,17,18). The molecule has 7 heteroatoms. The van der Waals surface area contributed by atoms with Crippen LogP contribution in [0.3, 0.4) is 0 Å². The number of benzene rings is 1. The molecule has 1 aromatic carbocycles. The molecule has 0 radical (unpaired) electrons. The highest BCUT2D eigenvalue weighted by molar-refractivity contribution is 6.20. The molecule has 19 heavy (non-hydrogen) atoms. The first-order chi connectivity index (χ1) is 8.85. The van der Waals surface area contributed by atoms with Gasteiger partial charge in [-0.2, -0.15) is 13.2 Å². The Kier molecular flexibility index (Phi) is 3.89. The number of halogens is 4. The van der Waals surface area contributed by atoms with Crippen LogP contribution in [-0.2, 0) is 4.79 Å². The fraction of sp³-hybridized carbons (Fsp3) is 0.417. The van der Waals surface area contributed by atoms with Crippen molar-refractivity contribution in [2.45, 2.75) is 24.4 Å². The third kappa shape index (κ3) is 3.76. The molecular formula is C12H11ClF3NO2. The van der Waals surface area contributed by atoms with Crippen molar-refractivity contribution in [1.82, 2.24) is 0 Å². The number of amides is 1. The van der Waals surface area contributed by atoms with Gasteiger partial charge in [-0.05, 0) is 24.1 Å². The van der Waals surface area contributed by atoms with Crippen molar-refractivity contribution in [2.75, 3.05) is 11.9 Å². The van der Waals surface area contributed by atoms with Gasteiger partial charge in [0.15, 0.2) is 6.61 Å². The molecule has 0 aliphatic carbocycles. The lowest BCUT2D eigenvalue weighted by atomic mass is 10.1. The minimum absolute atomic E-state index is 0.0648. The predicted molar refractivity (Wildman–Crippen MR) is 64.4 cm³/mol. The van der Waals surface area contributed by atoms with Gasteiger partial charge in [-0.25, -0.2) is 0 Å². The van der Waals surface area contributed by atoms with E-state index in [0.717, 1.165) is 0 Å². The maximum Gasteiger partial charge on any atom is 0.389 e. The smallest absolute Gasteiger partial charge is 0.389 e. The topological polar surface area (TPSA) is 38.3 Å². The molecule has 1 aliphatic rings. The second kappa shape index (κ2) is 5.28. The average molecular weight is 294 g/mol. The quantitative estimate of drug-likeness (QED) is 0.864. The lowest BCUT2D eigenvalue weighted by Gasteiger charge is -2.20. The summed E-state index contributed by atoms with van der Waals surface area (Å²) in [6, 6.07) is 4.73. The van der Waals surface area contributed by atoms with Gasteiger partial charge < -0.3 is 10.1 Å². The van der Waals surface area contributed by atoms with Crippen molar-refractivity contribution in [1.29, 1.82) is 0 Å². The highest BCUT2D eigenvalue weighted by Gasteiger charge is 2.28. The summed E-state index contributed by atoms with van der Waals surface area (Å²) in [7, 11) is 0. The molecule has 0 fully saturated rings. The monoisotopic (exact) mass is 293 g/mol. The zero-order chi connectivity index (χ0) is 14.0. The Bertz CT molecular complexity index is 490. The van der Waals surface area contributed by atoms with Gasteiger partial charge in [0.25, 0.3) is 5.91 Å². The van der Waals surface area contributed by atoms with Crippen LogP contribution in [-0.4, -0.2) is 18.7 Å². The van der Waals surface area contributed by atoms with Crippen LogP contribution in [0.15, 0.2) is 18.2 Å². The van der Waals surface area contributed by atoms with E-state index < -0.39 is 18.0 Å². The van der Waals surface area contributed by atoms with E-state index in [4.69, 9.17) is 16.3 Å². The van der Waals surface area contributed by atoms with Gasteiger partial charge >= 0.3 is 6.18 Å². The lowest BCUT2D eigenvalue weighted by molar-refractivity contribution is -0.135. The number of nitrogens with one attached hydrogen (secondary N) is 1. The van der Waals surface area contributed by atoms with Gasteiger partial charge in [-0.15, -0.1) is 11.6 Å². The summed E-state index contributed by atoms with van der Waals surface area (Å²) >= 11 is 5.94. The Labute approximate surface area is 112 Å². The number of carbonyl (C=O) groups excluding carboxylic acids is 1. The Hall–Kier alpha value is -1.43. The summed E-state index contributed by atoms with van der Waals surface area (Å²) in [5, 5.41) is 1.82. The highest BCUT2D eigenvalue weighted by atomic mass is 35.5. The van der Waals surface area contributed by atoms with E-state index in [1.807, 2.05) is 0 Å². The average Bonchev–Trinajstić information content (AvgIpc) is 2.34. The van der Waals surface area contributed by atoms with Crippen LogP contribution in [0.2, 0.25) is 0 Å². The fourth-order valence-electron chi connectivity index (χ4n) is 1.75. The Morgan fingerprint density at radius 1 is 1.42 bits per heavy atom. The molecule has 0 saturated carbocycles. The van der Waals surface area contributed by atoms with Crippen molar-refractivity contribution in [3.63, 3.8) is 0 Å². The highest BCUT2D eigenvalue weighted by Crippen LogP contribution is 2.36. The minimum atomic E-state index is -4.22. The van der Waals surface area contributed by atoms with Gasteiger partial charge in [0.05, 0.1) is 11.1 Å². The van der Waals surface area contributed by atoms with Crippen LogP contribution in [0.5, 0.6) is 5.75 Å². The predicted octanol–water partition coefficient (Wildman–Crippen LogP) is 3.64. The minimum Gasteiger partial charge on any atom is -0.482 e. The summed E-state index contributed by atoms with van der Waals surface area (Å²) in [6.07, 6.45) is -5.38. The molecule has 0 saturated heterocycles. The molecule has 0 aromatic heterocycles.